The van der Waals surface area contributed by atoms with Crippen LogP contribution >= 0.6 is 0 Å². The molecule has 0 saturated carbocycles. The lowest BCUT2D eigenvalue weighted by Crippen LogP contribution is -2.36. The van der Waals surface area contributed by atoms with Crippen LogP contribution in [0.5, 0.6) is 0 Å². The highest BCUT2D eigenvalue weighted by Gasteiger charge is 2.34. The van der Waals surface area contributed by atoms with Gasteiger partial charge in [-0.15, -0.1) is 0 Å². The zero-order chi connectivity index (χ0) is 32.9. The van der Waals surface area contributed by atoms with E-state index >= 15 is 0 Å². The Morgan fingerprint density at radius 1 is 0.574 bits per heavy atom. The van der Waals surface area contributed by atoms with Gasteiger partial charge >= 0.3 is 11.9 Å². The summed E-state index contributed by atoms with van der Waals surface area (Å²) in [5.74, 6) is -1.07. The molecule has 0 heterocycles. The number of esters is 2. The van der Waals surface area contributed by atoms with E-state index in [1.165, 1.54) is 14.2 Å². The first-order valence-electron chi connectivity index (χ1n) is 16.2. The van der Waals surface area contributed by atoms with Crippen LogP contribution in [-0.4, -0.2) is 38.4 Å². The lowest BCUT2D eigenvalue weighted by Gasteiger charge is -2.28. The van der Waals surface area contributed by atoms with Crippen LogP contribution in [0.15, 0.2) is 109 Å². The summed E-state index contributed by atoms with van der Waals surface area (Å²) in [4.78, 5) is 27.9. The van der Waals surface area contributed by atoms with Gasteiger partial charge < -0.3 is 18.9 Å². The topological polar surface area (TPSA) is 71.1 Å². The average molecular weight is 629 g/mol. The van der Waals surface area contributed by atoms with Crippen molar-refractivity contribution < 1.29 is 28.5 Å². The summed E-state index contributed by atoms with van der Waals surface area (Å²) < 4.78 is 24.0. The Morgan fingerprint density at radius 3 is 1.30 bits per heavy atom. The maximum Gasteiger partial charge on any atom is 0.340 e. The van der Waals surface area contributed by atoms with E-state index in [1.54, 1.807) is 6.92 Å². The van der Waals surface area contributed by atoms with E-state index in [0.29, 0.717) is 6.42 Å². The first-order valence-corrected chi connectivity index (χ1v) is 16.2. The molecule has 0 aliphatic carbocycles. The first kappa shape index (κ1) is 32.2. The molecular weight excluding hydrogens is 588 g/mol. The summed E-state index contributed by atoms with van der Waals surface area (Å²) >= 11 is 0. The Bertz CT molecular complexity index is 1940. The molecule has 0 fully saturated rings. The zero-order valence-corrected chi connectivity index (χ0v) is 27.3. The highest BCUT2D eigenvalue weighted by atomic mass is 16.6. The molecule has 240 valence electrons. The van der Waals surface area contributed by atoms with Gasteiger partial charge in [0.05, 0.1) is 0 Å². The van der Waals surface area contributed by atoms with Gasteiger partial charge in [-0.25, -0.2) is 9.59 Å². The number of benzene rings is 6. The van der Waals surface area contributed by atoms with Gasteiger partial charge in [-0.1, -0.05) is 110 Å². The summed E-state index contributed by atoms with van der Waals surface area (Å²) in [6.07, 6.45) is -1.18. The van der Waals surface area contributed by atoms with Crippen LogP contribution in [0.25, 0.3) is 43.1 Å². The third-order valence-electron chi connectivity index (χ3n) is 8.99. The minimum atomic E-state index is -0.982. The Kier molecular flexibility index (Phi) is 9.81. The van der Waals surface area contributed by atoms with Gasteiger partial charge in [0.25, 0.3) is 0 Å². The van der Waals surface area contributed by atoms with Gasteiger partial charge in [-0.05, 0) is 75.0 Å². The molecule has 6 heteroatoms. The van der Waals surface area contributed by atoms with Crippen molar-refractivity contribution in [2.75, 3.05) is 14.2 Å². The predicted octanol–water partition coefficient (Wildman–Crippen LogP) is 9.41. The predicted molar refractivity (Wildman–Crippen MR) is 187 cm³/mol. The summed E-state index contributed by atoms with van der Waals surface area (Å²) in [5, 5.41) is 7.70. The van der Waals surface area contributed by atoms with E-state index in [2.05, 4.69) is 19.1 Å². The number of methoxy groups -OCH3 is 2. The lowest BCUT2D eigenvalue weighted by atomic mass is 9.93. The maximum absolute atomic E-state index is 14.0. The number of ether oxygens (including phenoxy) is 4. The summed E-state index contributed by atoms with van der Waals surface area (Å²) in [6, 6.07) is 36.0. The second-order valence-electron chi connectivity index (χ2n) is 12.0. The Labute approximate surface area is 275 Å². The summed E-state index contributed by atoms with van der Waals surface area (Å²) in [7, 11) is 3.03. The van der Waals surface area contributed by atoms with Crippen LogP contribution in [0.4, 0.5) is 0 Å². The molecule has 0 aliphatic heterocycles. The van der Waals surface area contributed by atoms with Gasteiger partial charge in [-0.2, -0.15) is 0 Å². The number of carbonyl (C=O) groups is 2. The monoisotopic (exact) mass is 628 g/mol. The molecule has 47 heavy (non-hydrogen) atoms. The van der Waals surface area contributed by atoms with Gasteiger partial charge in [0.2, 0.25) is 0 Å². The van der Waals surface area contributed by atoms with Crippen molar-refractivity contribution in [1.82, 2.24) is 0 Å². The fourth-order valence-corrected chi connectivity index (χ4v) is 6.65. The number of unbranched alkanes of at least 4 members (excludes halogenated alkanes) is 1. The molecule has 0 spiro atoms. The fraction of sp³-hybridized carbons (Fsp3) is 0.268. The van der Waals surface area contributed by atoms with Gasteiger partial charge in [0, 0.05) is 25.3 Å². The molecule has 0 aliphatic rings. The van der Waals surface area contributed by atoms with Crippen molar-refractivity contribution in [2.45, 2.75) is 57.5 Å². The standard InChI is InChI=1S/C41H40O6/c1-5-6-23-35(47-41(43)39(45-4)37-33-21-13-9-17-29(33)25-30-18-10-14-22-34(30)37)26(2)46-40(42)38(44-3)36-31-19-11-7-15-27(31)24-28-16-8-12-20-32(28)36/h7-22,24-26,35,38-39H,5-6,23H2,1-4H3/t26-,35+,38+,39+/m1/s1. The molecule has 6 aromatic rings. The highest BCUT2D eigenvalue weighted by Crippen LogP contribution is 2.37. The Hall–Kier alpha value is -4.78. The van der Waals surface area contributed by atoms with Gasteiger partial charge in [-0.3, -0.25) is 0 Å². The SMILES string of the molecule is CCCC[C@H](OC(=O)[C@@H](OC)c1c2ccccc2cc2ccccc12)[C@@H](C)OC(=O)[C@@H](OC)c1c2ccccc2cc2ccccc12. The Morgan fingerprint density at radius 2 is 0.936 bits per heavy atom. The molecule has 0 saturated heterocycles. The number of carbonyl (C=O) groups excluding carboxylic acids is 2. The number of hydrogen-bond acceptors (Lipinski definition) is 6. The smallest absolute Gasteiger partial charge is 0.340 e. The molecule has 4 atom stereocenters. The molecule has 0 amide bonds. The summed E-state index contributed by atoms with van der Waals surface area (Å²) in [6.45, 7) is 3.84. The third-order valence-corrected chi connectivity index (χ3v) is 8.99. The highest BCUT2D eigenvalue weighted by molar-refractivity contribution is 6.06. The van der Waals surface area contributed by atoms with Crippen LogP contribution in [0.3, 0.4) is 0 Å². The molecule has 6 rings (SSSR count). The van der Waals surface area contributed by atoms with Crippen LogP contribution in [0.1, 0.15) is 56.4 Å². The van der Waals surface area contributed by atoms with E-state index in [9.17, 15) is 9.59 Å². The van der Waals surface area contributed by atoms with E-state index in [0.717, 1.165) is 67.1 Å². The van der Waals surface area contributed by atoms with Crippen molar-refractivity contribution >= 4 is 55.0 Å². The fourth-order valence-electron chi connectivity index (χ4n) is 6.65. The van der Waals surface area contributed by atoms with Gasteiger partial charge in [0.15, 0.2) is 12.2 Å². The third kappa shape index (κ3) is 6.44. The minimum Gasteiger partial charge on any atom is -0.457 e. The van der Waals surface area contributed by atoms with Crippen molar-refractivity contribution in [3.8, 4) is 0 Å². The second kappa shape index (κ2) is 14.3. The number of fused-ring (bicyclic) bond motifs is 4. The normalized spacial score (nSPS) is 14.2. The second-order valence-corrected chi connectivity index (χ2v) is 12.0. The van der Waals surface area contributed by atoms with Crippen molar-refractivity contribution in [1.29, 1.82) is 0 Å². The largest absolute Gasteiger partial charge is 0.457 e. The maximum atomic E-state index is 14.0. The summed E-state index contributed by atoms with van der Waals surface area (Å²) in [5.41, 5.74) is 1.51. The number of rotatable bonds is 12. The van der Waals surface area contributed by atoms with Crippen molar-refractivity contribution in [3.63, 3.8) is 0 Å². The zero-order valence-electron chi connectivity index (χ0n) is 27.3. The first-order chi connectivity index (χ1) is 22.9. The van der Waals surface area contributed by atoms with Crippen molar-refractivity contribution in [2.24, 2.45) is 0 Å². The van der Waals surface area contributed by atoms with E-state index in [-0.39, 0.29) is 0 Å². The molecule has 0 radical (unpaired) electrons. The van der Waals surface area contributed by atoms with E-state index in [4.69, 9.17) is 18.9 Å². The Balaban J connectivity index is 1.30. The van der Waals surface area contributed by atoms with E-state index in [1.807, 2.05) is 97.1 Å². The number of hydrogen-bond donors (Lipinski definition) is 0. The van der Waals surface area contributed by atoms with E-state index < -0.39 is 36.4 Å². The van der Waals surface area contributed by atoms with Crippen LogP contribution < -0.4 is 0 Å². The quantitative estimate of drug-likeness (QED) is 0.0993. The molecule has 0 bridgehead atoms. The molecule has 6 aromatic carbocycles. The van der Waals surface area contributed by atoms with Gasteiger partial charge in [0.1, 0.15) is 12.2 Å². The average Bonchev–Trinajstić information content (AvgIpc) is 3.10. The van der Waals surface area contributed by atoms with Crippen LogP contribution in [0, 0.1) is 0 Å². The molecular formula is C41H40O6. The lowest BCUT2D eigenvalue weighted by molar-refractivity contribution is -0.179. The molecule has 6 nitrogen and oxygen atoms in total. The molecule has 0 N–H and O–H groups in total. The van der Waals surface area contributed by atoms with Crippen molar-refractivity contribution in [3.05, 3.63) is 120 Å². The van der Waals surface area contributed by atoms with Crippen LogP contribution in [-0.2, 0) is 28.5 Å². The molecule has 0 unspecified atom stereocenters. The molecule has 0 aromatic heterocycles. The van der Waals surface area contributed by atoms with Crippen LogP contribution in [0.2, 0.25) is 0 Å². The minimum absolute atomic E-state index is 0.526.